The van der Waals surface area contributed by atoms with Gasteiger partial charge in [0.1, 0.15) is 0 Å². The summed E-state index contributed by atoms with van der Waals surface area (Å²) in [5.41, 5.74) is 0. The van der Waals surface area contributed by atoms with Gasteiger partial charge in [-0.1, -0.05) is 249 Å². The van der Waals surface area contributed by atoms with E-state index in [1.165, 1.54) is 218 Å². The molecule has 2 unspecified atom stereocenters. The number of hydrogen-bond donors (Lipinski definition) is 3. The van der Waals surface area contributed by atoms with Crippen molar-refractivity contribution in [2.45, 2.75) is 283 Å². The molecule has 0 aromatic heterocycles. The molecule has 0 saturated carbocycles. The fourth-order valence-corrected chi connectivity index (χ4v) is 7.74. The molecule has 0 aliphatic rings. The Morgan fingerprint density at radius 1 is 0.429 bits per heavy atom. The number of aliphatic hydroxyl groups excluding tert-OH is 2. The second-order valence-corrected chi connectivity index (χ2v) is 17.2. The predicted octanol–water partition coefficient (Wildman–Crippen LogP) is 16.1. The van der Waals surface area contributed by atoms with Crippen LogP contribution in [0.15, 0.2) is 36.5 Å². The molecule has 0 aromatic rings. The molecule has 1 amide bonds. The number of nitrogens with one attached hydrogen (secondary N) is 1. The number of allylic oxidation sites excluding steroid dienone is 5. The molecule has 0 rings (SSSR count). The molecule has 0 bridgehead atoms. The highest BCUT2D eigenvalue weighted by Crippen LogP contribution is 2.16. The van der Waals surface area contributed by atoms with E-state index in [-0.39, 0.29) is 12.5 Å². The smallest absolute Gasteiger partial charge is 0.220 e. The van der Waals surface area contributed by atoms with Crippen LogP contribution in [-0.4, -0.2) is 34.9 Å². The molecule has 0 spiro atoms. The van der Waals surface area contributed by atoms with Crippen molar-refractivity contribution in [3.05, 3.63) is 36.5 Å². The maximum Gasteiger partial charge on any atom is 0.220 e. The summed E-state index contributed by atoms with van der Waals surface area (Å²) in [6, 6.07) is -0.624. The van der Waals surface area contributed by atoms with Gasteiger partial charge >= 0.3 is 0 Å². The molecule has 3 N–H and O–H groups in total. The van der Waals surface area contributed by atoms with E-state index in [1.807, 2.05) is 6.08 Å². The van der Waals surface area contributed by atoms with Crippen LogP contribution in [0.1, 0.15) is 271 Å². The number of rotatable bonds is 46. The Kier molecular flexibility index (Phi) is 46.8. The van der Waals surface area contributed by atoms with Crippen molar-refractivity contribution in [3.8, 4) is 0 Å². The van der Waals surface area contributed by atoms with Gasteiger partial charge in [-0.2, -0.15) is 0 Å². The van der Waals surface area contributed by atoms with Crippen molar-refractivity contribution in [2.75, 3.05) is 6.61 Å². The highest BCUT2D eigenvalue weighted by atomic mass is 16.3. The van der Waals surface area contributed by atoms with Crippen LogP contribution in [0, 0.1) is 0 Å². The van der Waals surface area contributed by atoms with Crippen LogP contribution in [0.4, 0.5) is 0 Å². The van der Waals surface area contributed by atoms with Crippen LogP contribution in [-0.2, 0) is 4.79 Å². The summed E-state index contributed by atoms with van der Waals surface area (Å²) in [7, 11) is 0. The van der Waals surface area contributed by atoms with E-state index >= 15 is 0 Å². The van der Waals surface area contributed by atoms with Crippen molar-refractivity contribution in [1.29, 1.82) is 0 Å². The number of unbranched alkanes of at least 4 members (excludes halogenated alkanes) is 35. The van der Waals surface area contributed by atoms with Gasteiger partial charge in [0.05, 0.1) is 18.8 Å². The first-order chi connectivity index (χ1) is 27.7. The molecule has 0 fully saturated rings. The van der Waals surface area contributed by atoms with E-state index in [2.05, 4.69) is 43.5 Å². The molecule has 0 aliphatic carbocycles. The molecule has 0 heterocycles. The molecule has 2 atom stereocenters. The van der Waals surface area contributed by atoms with Crippen molar-refractivity contribution in [2.24, 2.45) is 0 Å². The van der Waals surface area contributed by atoms with E-state index in [1.54, 1.807) is 6.08 Å². The van der Waals surface area contributed by atoms with Crippen LogP contribution in [0.25, 0.3) is 0 Å². The SMILES string of the molecule is CCCCC/C=C\C/C=C\CCCCCCCCCCCC(=O)NC(CO)C(O)/C=C/CCCCCCCCCCCCCCCCCCCCCCCCC. The fraction of sp³-hybridized carbons (Fsp3) is 0.865. The minimum atomic E-state index is -0.841. The summed E-state index contributed by atoms with van der Waals surface area (Å²) in [4.78, 5) is 12.4. The summed E-state index contributed by atoms with van der Waals surface area (Å²) >= 11 is 0. The second kappa shape index (κ2) is 48.0. The second-order valence-electron chi connectivity index (χ2n) is 17.2. The Hall–Kier alpha value is -1.39. The largest absolute Gasteiger partial charge is 0.394 e. The minimum Gasteiger partial charge on any atom is -0.394 e. The quantitative estimate of drug-likeness (QED) is 0.0425. The molecule has 0 aliphatic heterocycles. The third-order valence-electron chi connectivity index (χ3n) is 11.6. The van der Waals surface area contributed by atoms with Gasteiger partial charge in [0, 0.05) is 6.42 Å². The standard InChI is InChI=1S/C52H99NO3/c1-3-5-7-9-11-13-15-17-19-21-23-24-25-26-27-28-30-31-33-35-37-39-41-43-45-47-51(55)50(49-54)53-52(56)48-46-44-42-40-38-36-34-32-29-22-20-18-16-14-12-10-8-6-4-2/h12,14,18,20,45,47,50-51,54-55H,3-11,13,15-17,19,21-44,46,48-49H2,1-2H3,(H,53,56)/b14-12-,20-18-,47-45+. The van der Waals surface area contributed by atoms with Crippen molar-refractivity contribution >= 4 is 5.91 Å². The molecule has 4 nitrogen and oxygen atoms in total. The van der Waals surface area contributed by atoms with Gasteiger partial charge in [-0.3, -0.25) is 4.79 Å². The van der Waals surface area contributed by atoms with Gasteiger partial charge in [0.15, 0.2) is 0 Å². The maximum atomic E-state index is 12.4. The average molecular weight is 786 g/mol. The van der Waals surface area contributed by atoms with Crippen LogP contribution in [0.5, 0.6) is 0 Å². The van der Waals surface area contributed by atoms with Gasteiger partial charge < -0.3 is 15.5 Å². The predicted molar refractivity (Wildman–Crippen MR) is 248 cm³/mol. The number of aliphatic hydroxyl groups is 2. The van der Waals surface area contributed by atoms with Crippen molar-refractivity contribution < 1.29 is 15.0 Å². The molecule has 4 heteroatoms. The summed E-state index contributed by atoms with van der Waals surface area (Å²) < 4.78 is 0. The Morgan fingerprint density at radius 3 is 1.11 bits per heavy atom. The molecular weight excluding hydrogens is 687 g/mol. The van der Waals surface area contributed by atoms with Crippen molar-refractivity contribution in [1.82, 2.24) is 5.32 Å². The Balaban J connectivity index is 3.51. The van der Waals surface area contributed by atoms with E-state index in [0.717, 1.165) is 32.1 Å². The Labute approximate surface area is 351 Å². The Bertz CT molecular complexity index is 851. The maximum absolute atomic E-state index is 12.4. The lowest BCUT2D eigenvalue weighted by Crippen LogP contribution is -2.45. The van der Waals surface area contributed by atoms with Crippen LogP contribution < -0.4 is 5.32 Å². The third-order valence-corrected chi connectivity index (χ3v) is 11.6. The minimum absolute atomic E-state index is 0.0663. The topological polar surface area (TPSA) is 69.6 Å². The van der Waals surface area contributed by atoms with Gasteiger partial charge in [-0.15, -0.1) is 0 Å². The molecule has 0 radical (unpaired) electrons. The number of carbonyl (C=O) groups excluding carboxylic acids is 1. The highest BCUT2D eigenvalue weighted by Gasteiger charge is 2.18. The Morgan fingerprint density at radius 2 is 0.732 bits per heavy atom. The number of amides is 1. The summed E-state index contributed by atoms with van der Waals surface area (Å²) in [5.74, 6) is -0.0663. The lowest BCUT2D eigenvalue weighted by molar-refractivity contribution is -0.123. The number of carbonyl (C=O) groups is 1. The first-order valence-electron chi connectivity index (χ1n) is 25.2. The zero-order valence-corrected chi connectivity index (χ0v) is 37.9. The van der Waals surface area contributed by atoms with E-state index in [0.29, 0.717) is 6.42 Å². The third kappa shape index (κ3) is 43.7. The summed E-state index contributed by atoms with van der Waals surface area (Å²) in [5, 5.41) is 23.1. The zero-order chi connectivity index (χ0) is 40.7. The first-order valence-corrected chi connectivity index (χ1v) is 25.2. The summed E-state index contributed by atoms with van der Waals surface area (Å²) in [6.45, 7) is 4.30. The van der Waals surface area contributed by atoms with Crippen molar-refractivity contribution in [3.63, 3.8) is 0 Å². The van der Waals surface area contributed by atoms with E-state index < -0.39 is 12.1 Å². The molecule has 0 saturated heterocycles. The van der Waals surface area contributed by atoms with Gasteiger partial charge in [0.2, 0.25) is 5.91 Å². The highest BCUT2D eigenvalue weighted by molar-refractivity contribution is 5.76. The summed E-state index contributed by atoms with van der Waals surface area (Å²) in [6.07, 6.45) is 64.2. The van der Waals surface area contributed by atoms with Gasteiger partial charge in [0.25, 0.3) is 0 Å². The lowest BCUT2D eigenvalue weighted by Gasteiger charge is -2.20. The van der Waals surface area contributed by atoms with Gasteiger partial charge in [-0.25, -0.2) is 0 Å². The normalized spacial score (nSPS) is 13.1. The van der Waals surface area contributed by atoms with E-state index in [9.17, 15) is 15.0 Å². The lowest BCUT2D eigenvalue weighted by atomic mass is 10.0. The average Bonchev–Trinajstić information content (AvgIpc) is 3.20. The first kappa shape index (κ1) is 54.6. The molecule has 56 heavy (non-hydrogen) atoms. The molecular formula is C52H99NO3. The van der Waals surface area contributed by atoms with Crippen LogP contribution in [0.2, 0.25) is 0 Å². The molecule has 0 aromatic carbocycles. The monoisotopic (exact) mass is 786 g/mol. The molecule has 330 valence electrons. The van der Waals surface area contributed by atoms with Crippen LogP contribution >= 0.6 is 0 Å². The van der Waals surface area contributed by atoms with Crippen LogP contribution in [0.3, 0.4) is 0 Å². The fourth-order valence-electron chi connectivity index (χ4n) is 7.74. The zero-order valence-electron chi connectivity index (χ0n) is 37.9. The number of hydrogen-bond acceptors (Lipinski definition) is 3. The van der Waals surface area contributed by atoms with Gasteiger partial charge in [-0.05, 0) is 51.4 Å². The van der Waals surface area contributed by atoms with E-state index in [4.69, 9.17) is 0 Å².